The lowest BCUT2D eigenvalue weighted by Gasteiger charge is -2.07. The Morgan fingerprint density at radius 2 is 2.00 bits per heavy atom. The summed E-state index contributed by atoms with van der Waals surface area (Å²) in [4.78, 5) is 0. The lowest BCUT2D eigenvalue weighted by molar-refractivity contribution is 0.580. The van der Waals surface area contributed by atoms with E-state index < -0.39 is 0 Å². The molecule has 0 saturated heterocycles. The number of hydrogen-bond donors (Lipinski definition) is 1. The molecule has 0 radical (unpaired) electrons. The number of hydrogen-bond acceptors (Lipinski definition) is 2. The van der Waals surface area contributed by atoms with Crippen molar-refractivity contribution in [2.45, 2.75) is 26.3 Å². The molecule has 3 aromatic rings. The molecule has 0 aliphatic rings. The van der Waals surface area contributed by atoms with Gasteiger partial charge in [-0.05, 0) is 51.3 Å². The Labute approximate surface area is 127 Å². The highest BCUT2D eigenvalue weighted by atomic mass is 79.9. The van der Waals surface area contributed by atoms with Gasteiger partial charge in [-0.1, -0.05) is 38.1 Å². The number of benzene rings is 2. The first kappa shape index (κ1) is 13.7. The van der Waals surface area contributed by atoms with Crippen molar-refractivity contribution in [3.8, 4) is 0 Å². The molecule has 1 heterocycles. The second kappa shape index (κ2) is 5.58. The van der Waals surface area contributed by atoms with Crippen LogP contribution in [0.4, 0.5) is 0 Å². The van der Waals surface area contributed by atoms with Gasteiger partial charge < -0.3 is 9.73 Å². The summed E-state index contributed by atoms with van der Waals surface area (Å²) in [5.74, 6) is 0. The zero-order valence-corrected chi connectivity index (χ0v) is 13.3. The topological polar surface area (TPSA) is 25.2 Å². The predicted molar refractivity (Wildman–Crippen MR) is 88.3 cm³/mol. The Hall–Kier alpha value is -1.32. The van der Waals surface area contributed by atoms with E-state index in [2.05, 4.69) is 65.4 Å². The van der Waals surface area contributed by atoms with Crippen molar-refractivity contribution in [2.24, 2.45) is 0 Å². The standard InChI is InChI=1S/C17H18BrNO/c1-11(2)19-8-7-13-10-20-17-15(13)9-12-5-3-4-6-14(12)16(17)18/h3-6,9-11,19H,7-8H2,1-2H3. The molecule has 0 spiro atoms. The van der Waals surface area contributed by atoms with E-state index in [1.165, 1.54) is 21.7 Å². The average molecular weight is 332 g/mol. The van der Waals surface area contributed by atoms with E-state index >= 15 is 0 Å². The largest absolute Gasteiger partial charge is 0.463 e. The number of furan rings is 1. The molecule has 3 heteroatoms. The third-order valence-electron chi connectivity index (χ3n) is 3.55. The molecule has 3 rings (SSSR count). The lowest BCUT2D eigenvalue weighted by Crippen LogP contribution is -2.24. The smallest absolute Gasteiger partial charge is 0.148 e. The quantitative estimate of drug-likeness (QED) is 0.736. The predicted octanol–water partition coefficient (Wildman–Crippen LogP) is 4.89. The van der Waals surface area contributed by atoms with Crippen molar-refractivity contribution in [1.29, 1.82) is 0 Å². The van der Waals surface area contributed by atoms with E-state index in [9.17, 15) is 0 Å². The molecule has 0 fully saturated rings. The van der Waals surface area contributed by atoms with Gasteiger partial charge in [-0.2, -0.15) is 0 Å². The third-order valence-corrected chi connectivity index (χ3v) is 4.34. The molecule has 1 aromatic heterocycles. The first-order chi connectivity index (χ1) is 9.66. The Bertz CT molecular complexity index is 745. The Morgan fingerprint density at radius 3 is 2.80 bits per heavy atom. The van der Waals surface area contributed by atoms with Gasteiger partial charge in [-0.25, -0.2) is 0 Å². The lowest BCUT2D eigenvalue weighted by atomic mass is 10.0. The van der Waals surface area contributed by atoms with Gasteiger partial charge in [0.1, 0.15) is 5.58 Å². The fraction of sp³-hybridized carbons (Fsp3) is 0.294. The first-order valence-electron chi connectivity index (χ1n) is 6.97. The zero-order valence-electron chi connectivity index (χ0n) is 11.7. The van der Waals surface area contributed by atoms with E-state index in [4.69, 9.17) is 4.42 Å². The maximum absolute atomic E-state index is 5.77. The summed E-state index contributed by atoms with van der Waals surface area (Å²) < 4.78 is 6.82. The van der Waals surface area contributed by atoms with Crippen LogP contribution in [0.2, 0.25) is 0 Å². The molecule has 104 valence electrons. The minimum absolute atomic E-state index is 0.515. The van der Waals surface area contributed by atoms with E-state index in [1.807, 2.05) is 6.26 Å². The van der Waals surface area contributed by atoms with Gasteiger partial charge in [0.25, 0.3) is 0 Å². The van der Waals surface area contributed by atoms with Crippen LogP contribution in [0.15, 0.2) is 45.5 Å². The second-order valence-corrected chi connectivity index (χ2v) is 6.20. The molecule has 20 heavy (non-hydrogen) atoms. The Kier molecular flexibility index (Phi) is 3.81. The van der Waals surface area contributed by atoms with Gasteiger partial charge >= 0.3 is 0 Å². The van der Waals surface area contributed by atoms with Crippen LogP contribution in [0.3, 0.4) is 0 Å². The number of fused-ring (bicyclic) bond motifs is 2. The van der Waals surface area contributed by atoms with Gasteiger partial charge in [-0.3, -0.25) is 0 Å². The fourth-order valence-electron chi connectivity index (χ4n) is 2.52. The summed E-state index contributed by atoms with van der Waals surface area (Å²) >= 11 is 3.68. The van der Waals surface area contributed by atoms with Crippen LogP contribution in [0.1, 0.15) is 19.4 Å². The summed E-state index contributed by atoms with van der Waals surface area (Å²) in [7, 11) is 0. The average Bonchev–Trinajstić information content (AvgIpc) is 2.82. The van der Waals surface area contributed by atoms with Crippen molar-refractivity contribution in [3.05, 3.63) is 46.6 Å². The number of nitrogens with one attached hydrogen (secondary N) is 1. The maximum Gasteiger partial charge on any atom is 0.148 e. The van der Waals surface area contributed by atoms with Crippen LogP contribution in [0, 0.1) is 0 Å². The molecular formula is C17H18BrNO. The summed E-state index contributed by atoms with van der Waals surface area (Å²) in [5.41, 5.74) is 2.21. The first-order valence-corrected chi connectivity index (χ1v) is 7.77. The molecule has 0 bridgehead atoms. The Morgan fingerprint density at radius 1 is 1.20 bits per heavy atom. The van der Waals surface area contributed by atoms with Crippen LogP contribution >= 0.6 is 15.9 Å². The van der Waals surface area contributed by atoms with Crippen LogP contribution in [-0.4, -0.2) is 12.6 Å². The number of rotatable bonds is 4. The van der Waals surface area contributed by atoms with Crippen molar-refractivity contribution in [3.63, 3.8) is 0 Å². The normalized spacial score (nSPS) is 11.8. The minimum atomic E-state index is 0.515. The highest BCUT2D eigenvalue weighted by molar-refractivity contribution is 9.10. The summed E-state index contributed by atoms with van der Waals surface area (Å²) in [5, 5.41) is 7.09. The molecule has 0 aliphatic heterocycles. The van der Waals surface area contributed by atoms with Crippen molar-refractivity contribution < 1.29 is 4.42 Å². The molecule has 2 aromatic carbocycles. The molecule has 0 aliphatic carbocycles. The SMILES string of the molecule is CC(C)NCCc1coc2c(Br)c3ccccc3cc12. The van der Waals surface area contributed by atoms with E-state index in [0.29, 0.717) is 6.04 Å². The molecule has 0 atom stereocenters. The fourth-order valence-corrected chi connectivity index (χ4v) is 3.19. The maximum atomic E-state index is 5.77. The molecule has 0 amide bonds. The summed E-state index contributed by atoms with van der Waals surface area (Å²) in [6.45, 7) is 5.30. The van der Waals surface area contributed by atoms with E-state index in [0.717, 1.165) is 23.0 Å². The minimum Gasteiger partial charge on any atom is -0.463 e. The second-order valence-electron chi connectivity index (χ2n) is 5.41. The van der Waals surface area contributed by atoms with Gasteiger partial charge in [0.2, 0.25) is 0 Å². The van der Waals surface area contributed by atoms with Gasteiger partial charge in [-0.15, -0.1) is 0 Å². The molecule has 1 N–H and O–H groups in total. The van der Waals surface area contributed by atoms with E-state index in [-0.39, 0.29) is 0 Å². The van der Waals surface area contributed by atoms with Crippen molar-refractivity contribution >= 4 is 37.7 Å². The van der Waals surface area contributed by atoms with Crippen molar-refractivity contribution in [1.82, 2.24) is 5.32 Å². The molecule has 2 nitrogen and oxygen atoms in total. The summed E-state index contributed by atoms with van der Waals surface area (Å²) in [6.07, 6.45) is 2.87. The van der Waals surface area contributed by atoms with Crippen LogP contribution in [0.5, 0.6) is 0 Å². The van der Waals surface area contributed by atoms with Crippen LogP contribution < -0.4 is 5.32 Å². The monoisotopic (exact) mass is 331 g/mol. The van der Waals surface area contributed by atoms with Crippen molar-refractivity contribution in [2.75, 3.05) is 6.54 Å². The highest BCUT2D eigenvalue weighted by Crippen LogP contribution is 2.35. The highest BCUT2D eigenvalue weighted by Gasteiger charge is 2.12. The summed E-state index contributed by atoms with van der Waals surface area (Å²) in [6, 6.07) is 11.1. The van der Waals surface area contributed by atoms with Crippen LogP contribution in [0.25, 0.3) is 21.7 Å². The number of halogens is 1. The van der Waals surface area contributed by atoms with Gasteiger partial charge in [0.15, 0.2) is 0 Å². The molecule has 0 saturated carbocycles. The Balaban J connectivity index is 2.03. The zero-order chi connectivity index (χ0) is 14.1. The molecule has 0 unspecified atom stereocenters. The van der Waals surface area contributed by atoms with Gasteiger partial charge in [0.05, 0.1) is 10.7 Å². The molecular weight excluding hydrogens is 314 g/mol. The van der Waals surface area contributed by atoms with E-state index in [1.54, 1.807) is 0 Å². The van der Waals surface area contributed by atoms with Gasteiger partial charge in [0, 0.05) is 11.4 Å². The van der Waals surface area contributed by atoms with Crippen LogP contribution in [-0.2, 0) is 6.42 Å². The third kappa shape index (κ3) is 2.48.